The second kappa shape index (κ2) is 4.10. The molecule has 4 aliphatic rings. The summed E-state index contributed by atoms with van der Waals surface area (Å²) in [7, 11) is 0. The normalized spacial score (nSPS) is 47.7. The lowest BCUT2D eigenvalue weighted by Crippen LogP contribution is -2.53. The van der Waals surface area contributed by atoms with Crippen molar-refractivity contribution in [3.63, 3.8) is 0 Å². The molecular formula is C17H24OS2. The SMILES string of the molecule is CC1=CC(=O)[C@H]2[C@@H](C)[C@@H]3CC4(SCCS4)C(C)(C)[C@H]2[C@H]13. The molecule has 0 aromatic carbocycles. The molecule has 2 saturated carbocycles. The molecule has 1 nitrogen and oxygen atoms in total. The largest absolute Gasteiger partial charge is 0.295 e. The predicted octanol–water partition coefficient (Wildman–Crippen LogP) is 4.24. The van der Waals surface area contributed by atoms with Gasteiger partial charge in [-0.3, -0.25) is 4.79 Å². The Bertz CT molecular complexity index is 501. The Morgan fingerprint density at radius 3 is 2.50 bits per heavy atom. The van der Waals surface area contributed by atoms with Crippen LogP contribution in [0.1, 0.15) is 34.1 Å². The van der Waals surface area contributed by atoms with Gasteiger partial charge in [-0.15, -0.1) is 23.5 Å². The van der Waals surface area contributed by atoms with Crippen molar-refractivity contribution in [2.45, 2.75) is 38.2 Å². The summed E-state index contributed by atoms with van der Waals surface area (Å²) in [6, 6.07) is 0. The smallest absolute Gasteiger partial charge is 0.159 e. The fourth-order valence-corrected chi connectivity index (χ4v) is 9.66. The molecule has 0 radical (unpaired) electrons. The average Bonchev–Trinajstić information content (AvgIpc) is 2.90. The summed E-state index contributed by atoms with van der Waals surface area (Å²) in [6.45, 7) is 9.48. The van der Waals surface area contributed by atoms with Crippen LogP contribution in [-0.4, -0.2) is 21.4 Å². The molecule has 5 atom stereocenters. The van der Waals surface area contributed by atoms with Crippen LogP contribution in [0.4, 0.5) is 0 Å². The summed E-state index contributed by atoms with van der Waals surface area (Å²) in [4.78, 5) is 12.6. The Labute approximate surface area is 130 Å². The number of rotatable bonds is 0. The molecule has 3 heteroatoms. The van der Waals surface area contributed by atoms with E-state index in [2.05, 4.69) is 51.2 Å². The van der Waals surface area contributed by atoms with Crippen molar-refractivity contribution in [1.82, 2.24) is 0 Å². The van der Waals surface area contributed by atoms with E-state index >= 15 is 0 Å². The van der Waals surface area contributed by atoms with Gasteiger partial charge in [-0.25, -0.2) is 0 Å². The molecule has 1 spiro atoms. The molecule has 1 heterocycles. The minimum absolute atomic E-state index is 0.264. The summed E-state index contributed by atoms with van der Waals surface area (Å²) >= 11 is 4.39. The van der Waals surface area contributed by atoms with Gasteiger partial charge in [-0.05, 0) is 48.5 Å². The quantitative estimate of drug-likeness (QED) is 0.666. The summed E-state index contributed by atoms with van der Waals surface area (Å²) in [5.74, 6) is 5.87. The van der Waals surface area contributed by atoms with Gasteiger partial charge in [0.1, 0.15) is 0 Å². The highest BCUT2D eigenvalue weighted by molar-refractivity contribution is 8.21. The van der Waals surface area contributed by atoms with E-state index in [9.17, 15) is 4.79 Å². The molecule has 1 saturated heterocycles. The van der Waals surface area contributed by atoms with Crippen LogP contribution in [0.25, 0.3) is 0 Å². The summed E-state index contributed by atoms with van der Waals surface area (Å²) < 4.78 is 0.375. The van der Waals surface area contributed by atoms with Crippen LogP contribution in [0.2, 0.25) is 0 Å². The first-order chi connectivity index (χ1) is 9.39. The molecule has 0 unspecified atom stereocenters. The molecule has 1 aliphatic heterocycles. The van der Waals surface area contributed by atoms with E-state index in [1.807, 2.05) is 6.08 Å². The van der Waals surface area contributed by atoms with E-state index in [0.717, 1.165) is 5.92 Å². The highest BCUT2D eigenvalue weighted by atomic mass is 32.2. The summed E-state index contributed by atoms with van der Waals surface area (Å²) in [6.07, 6.45) is 3.29. The van der Waals surface area contributed by atoms with Crippen molar-refractivity contribution in [3.8, 4) is 0 Å². The van der Waals surface area contributed by atoms with Gasteiger partial charge in [0.2, 0.25) is 0 Å². The third kappa shape index (κ3) is 1.42. The maximum atomic E-state index is 12.6. The number of hydrogen-bond donors (Lipinski definition) is 0. The van der Waals surface area contributed by atoms with Crippen LogP contribution in [0.5, 0.6) is 0 Å². The van der Waals surface area contributed by atoms with Crippen LogP contribution in [0.3, 0.4) is 0 Å². The number of thioether (sulfide) groups is 2. The van der Waals surface area contributed by atoms with Crippen LogP contribution in [0, 0.1) is 35.0 Å². The predicted molar refractivity (Wildman–Crippen MR) is 87.9 cm³/mol. The third-order valence-electron chi connectivity index (χ3n) is 6.77. The fraction of sp³-hybridized carbons (Fsp3) is 0.824. The molecule has 4 rings (SSSR count). The molecule has 0 aromatic rings. The topological polar surface area (TPSA) is 17.1 Å². The molecule has 20 heavy (non-hydrogen) atoms. The van der Waals surface area contributed by atoms with Gasteiger partial charge >= 0.3 is 0 Å². The van der Waals surface area contributed by atoms with Crippen molar-refractivity contribution in [2.24, 2.45) is 35.0 Å². The molecule has 110 valence electrons. The zero-order chi connectivity index (χ0) is 14.3. The van der Waals surface area contributed by atoms with E-state index in [4.69, 9.17) is 0 Å². The van der Waals surface area contributed by atoms with Crippen molar-refractivity contribution >= 4 is 29.3 Å². The maximum Gasteiger partial charge on any atom is 0.159 e. The molecule has 0 N–H and O–H groups in total. The zero-order valence-electron chi connectivity index (χ0n) is 12.8. The lowest BCUT2D eigenvalue weighted by molar-refractivity contribution is -0.122. The lowest BCUT2D eigenvalue weighted by Gasteiger charge is -2.55. The second-order valence-corrected chi connectivity index (χ2v) is 10.8. The Morgan fingerprint density at radius 2 is 1.85 bits per heavy atom. The van der Waals surface area contributed by atoms with Gasteiger partial charge in [-0.1, -0.05) is 26.3 Å². The van der Waals surface area contributed by atoms with Crippen molar-refractivity contribution in [1.29, 1.82) is 0 Å². The first kappa shape index (κ1) is 13.8. The number of carbonyl (C=O) groups is 1. The van der Waals surface area contributed by atoms with Gasteiger partial charge < -0.3 is 0 Å². The molecule has 3 aliphatic carbocycles. The highest BCUT2D eigenvalue weighted by Gasteiger charge is 2.69. The van der Waals surface area contributed by atoms with Gasteiger partial charge in [0.05, 0.1) is 4.08 Å². The zero-order valence-corrected chi connectivity index (χ0v) is 14.4. The van der Waals surface area contributed by atoms with Crippen LogP contribution in [0.15, 0.2) is 11.6 Å². The van der Waals surface area contributed by atoms with E-state index < -0.39 is 0 Å². The van der Waals surface area contributed by atoms with Gasteiger partial charge in [-0.2, -0.15) is 0 Å². The van der Waals surface area contributed by atoms with E-state index in [1.165, 1.54) is 23.5 Å². The Hall–Kier alpha value is 0.110. The van der Waals surface area contributed by atoms with Crippen molar-refractivity contribution in [2.75, 3.05) is 11.5 Å². The van der Waals surface area contributed by atoms with Crippen LogP contribution < -0.4 is 0 Å². The standard InChI is InChI=1S/C17H24OS2/c1-9-7-12(18)14-10(2)11-8-17(19-5-6-20-17)16(3,4)15(14)13(9)11/h7,10-11,13-15H,5-6,8H2,1-4H3/t10-,11-,13+,14+,15-/m0/s1. The fourth-order valence-electron chi connectivity index (χ4n) is 5.87. The molecule has 4 bridgehead atoms. The van der Waals surface area contributed by atoms with E-state index in [0.29, 0.717) is 33.5 Å². The number of hydrogen-bond acceptors (Lipinski definition) is 3. The highest BCUT2D eigenvalue weighted by Crippen LogP contribution is 2.73. The third-order valence-corrected chi connectivity index (χ3v) is 10.9. The average molecular weight is 309 g/mol. The number of ketones is 1. The molecule has 3 fully saturated rings. The molecule has 0 aromatic heterocycles. The summed E-state index contributed by atoms with van der Waals surface area (Å²) in [5.41, 5.74) is 1.64. The van der Waals surface area contributed by atoms with Gasteiger partial charge in [0.25, 0.3) is 0 Å². The van der Waals surface area contributed by atoms with Crippen molar-refractivity contribution < 1.29 is 4.79 Å². The van der Waals surface area contributed by atoms with Crippen molar-refractivity contribution in [3.05, 3.63) is 11.6 Å². The lowest BCUT2D eigenvalue weighted by atomic mass is 9.58. The van der Waals surface area contributed by atoms with Crippen LogP contribution >= 0.6 is 23.5 Å². The van der Waals surface area contributed by atoms with E-state index in [-0.39, 0.29) is 5.41 Å². The van der Waals surface area contributed by atoms with Gasteiger partial charge in [0, 0.05) is 17.4 Å². The number of carbonyl (C=O) groups excluding carboxylic acids is 1. The van der Waals surface area contributed by atoms with Gasteiger partial charge in [0.15, 0.2) is 5.78 Å². The maximum absolute atomic E-state index is 12.6. The first-order valence-electron chi connectivity index (χ1n) is 7.89. The Balaban J connectivity index is 1.87. The monoisotopic (exact) mass is 308 g/mol. The minimum Gasteiger partial charge on any atom is -0.295 e. The minimum atomic E-state index is 0.264. The summed E-state index contributed by atoms with van der Waals surface area (Å²) in [5, 5.41) is 0. The van der Waals surface area contributed by atoms with Crippen LogP contribution in [-0.2, 0) is 4.79 Å². The van der Waals surface area contributed by atoms with E-state index in [1.54, 1.807) is 0 Å². The Kier molecular flexibility index (Phi) is 2.82. The number of allylic oxidation sites excluding steroid dienone is 2. The molecule has 0 amide bonds. The second-order valence-electron chi connectivity index (χ2n) is 7.77. The Morgan fingerprint density at radius 1 is 1.20 bits per heavy atom. The first-order valence-corrected chi connectivity index (χ1v) is 9.86. The molecular weight excluding hydrogens is 284 g/mol.